The van der Waals surface area contributed by atoms with E-state index < -0.39 is 11.9 Å². The molecule has 1 fully saturated rings. The van der Waals surface area contributed by atoms with Gasteiger partial charge in [0, 0.05) is 32.5 Å². The van der Waals surface area contributed by atoms with Crippen molar-refractivity contribution in [2.75, 3.05) is 13.1 Å². The second kappa shape index (κ2) is 5.25. The lowest BCUT2D eigenvalue weighted by Gasteiger charge is -2.30. The third kappa shape index (κ3) is 2.91. The van der Waals surface area contributed by atoms with Crippen LogP contribution in [0.1, 0.15) is 18.4 Å². The van der Waals surface area contributed by atoms with E-state index in [9.17, 15) is 9.59 Å². The fraction of sp³-hybridized carbons (Fsp3) is 0.538. The quantitative estimate of drug-likeness (QED) is 0.866. The van der Waals surface area contributed by atoms with Crippen molar-refractivity contribution >= 4 is 11.9 Å². The van der Waals surface area contributed by atoms with E-state index in [1.165, 1.54) is 0 Å². The number of aliphatic carboxylic acids is 1. The first-order valence-corrected chi connectivity index (χ1v) is 6.17. The molecule has 1 aliphatic rings. The van der Waals surface area contributed by atoms with E-state index in [1.807, 2.05) is 30.1 Å². The van der Waals surface area contributed by atoms with Gasteiger partial charge in [-0.05, 0) is 24.5 Å². The van der Waals surface area contributed by atoms with E-state index in [4.69, 9.17) is 5.11 Å². The molecule has 1 atom stereocenters. The topological polar surface area (TPSA) is 62.5 Å². The van der Waals surface area contributed by atoms with Crippen LogP contribution in [0.3, 0.4) is 0 Å². The van der Waals surface area contributed by atoms with Gasteiger partial charge in [0.25, 0.3) is 0 Å². The average molecular weight is 250 g/mol. The van der Waals surface area contributed by atoms with Gasteiger partial charge in [0.2, 0.25) is 5.91 Å². The molecule has 5 heteroatoms. The van der Waals surface area contributed by atoms with E-state index in [1.54, 1.807) is 4.90 Å². The van der Waals surface area contributed by atoms with Crippen molar-refractivity contribution < 1.29 is 14.7 Å². The lowest BCUT2D eigenvalue weighted by molar-refractivity contribution is -0.145. The Labute approximate surface area is 106 Å². The Kier molecular flexibility index (Phi) is 3.69. The number of carbonyl (C=O) groups excluding carboxylic acids is 1. The van der Waals surface area contributed by atoms with Crippen LogP contribution in [0.15, 0.2) is 18.5 Å². The highest BCUT2D eigenvalue weighted by Crippen LogP contribution is 2.17. The van der Waals surface area contributed by atoms with Crippen LogP contribution >= 0.6 is 0 Å². The van der Waals surface area contributed by atoms with Gasteiger partial charge in [0.15, 0.2) is 0 Å². The molecule has 2 rings (SSSR count). The predicted octanol–water partition coefficient (Wildman–Crippen LogP) is 0.891. The van der Waals surface area contributed by atoms with E-state index in [-0.39, 0.29) is 5.91 Å². The Morgan fingerprint density at radius 2 is 2.28 bits per heavy atom. The maximum Gasteiger partial charge on any atom is 0.308 e. The van der Waals surface area contributed by atoms with E-state index in [2.05, 4.69) is 0 Å². The van der Waals surface area contributed by atoms with Crippen molar-refractivity contribution in [2.45, 2.75) is 19.3 Å². The third-order valence-electron chi connectivity index (χ3n) is 3.37. The molecule has 1 aromatic rings. The maximum atomic E-state index is 12.1. The molecule has 0 aliphatic carbocycles. The SMILES string of the molecule is Cn1ccc(CC(=O)N2CCCC(C(=O)O)C2)c1. The molecule has 1 saturated heterocycles. The zero-order chi connectivity index (χ0) is 13.1. The minimum atomic E-state index is -0.799. The highest BCUT2D eigenvalue weighted by molar-refractivity contribution is 5.80. The minimum Gasteiger partial charge on any atom is -0.481 e. The Bertz CT molecular complexity index is 453. The second-order valence-electron chi connectivity index (χ2n) is 4.88. The molecular formula is C13H18N2O3. The normalized spacial score (nSPS) is 19.8. The summed E-state index contributed by atoms with van der Waals surface area (Å²) in [6, 6.07) is 1.91. The lowest BCUT2D eigenvalue weighted by atomic mass is 9.98. The number of carboxylic acid groups (broad SMARTS) is 1. The fourth-order valence-electron chi connectivity index (χ4n) is 2.36. The molecular weight excluding hydrogens is 232 g/mol. The summed E-state index contributed by atoms with van der Waals surface area (Å²) in [7, 11) is 1.91. The van der Waals surface area contributed by atoms with Crippen LogP contribution in [0.4, 0.5) is 0 Å². The highest BCUT2D eigenvalue weighted by Gasteiger charge is 2.27. The molecule has 98 valence electrons. The maximum absolute atomic E-state index is 12.1. The Hall–Kier alpha value is -1.78. The third-order valence-corrected chi connectivity index (χ3v) is 3.37. The smallest absolute Gasteiger partial charge is 0.308 e. The molecule has 18 heavy (non-hydrogen) atoms. The fourth-order valence-corrected chi connectivity index (χ4v) is 2.36. The molecule has 0 aromatic carbocycles. The number of nitrogens with zero attached hydrogens (tertiary/aromatic N) is 2. The summed E-state index contributed by atoms with van der Waals surface area (Å²) in [6.07, 6.45) is 5.62. The van der Waals surface area contributed by atoms with Gasteiger partial charge in [-0.2, -0.15) is 0 Å². The summed E-state index contributed by atoms with van der Waals surface area (Å²) in [5.41, 5.74) is 0.972. The summed E-state index contributed by atoms with van der Waals surface area (Å²) in [5, 5.41) is 8.99. The van der Waals surface area contributed by atoms with Gasteiger partial charge in [-0.25, -0.2) is 0 Å². The minimum absolute atomic E-state index is 0.0205. The highest BCUT2D eigenvalue weighted by atomic mass is 16.4. The Balaban J connectivity index is 1.94. The van der Waals surface area contributed by atoms with Gasteiger partial charge < -0.3 is 14.6 Å². The molecule has 0 bridgehead atoms. The van der Waals surface area contributed by atoms with Gasteiger partial charge in [0.05, 0.1) is 12.3 Å². The Morgan fingerprint density at radius 1 is 1.50 bits per heavy atom. The number of aromatic nitrogens is 1. The van der Waals surface area contributed by atoms with Gasteiger partial charge in [-0.3, -0.25) is 9.59 Å². The van der Waals surface area contributed by atoms with Crippen molar-refractivity contribution in [3.63, 3.8) is 0 Å². The molecule has 1 N–H and O–H groups in total. The number of likely N-dealkylation sites (tertiary alicyclic amines) is 1. The molecule has 1 amide bonds. The zero-order valence-corrected chi connectivity index (χ0v) is 10.5. The van der Waals surface area contributed by atoms with Crippen molar-refractivity contribution in [1.29, 1.82) is 0 Å². The number of carbonyl (C=O) groups is 2. The van der Waals surface area contributed by atoms with Crippen LogP contribution in [0.25, 0.3) is 0 Å². The predicted molar refractivity (Wildman–Crippen MR) is 66.1 cm³/mol. The number of amides is 1. The van der Waals surface area contributed by atoms with Crippen LogP contribution in [0.5, 0.6) is 0 Å². The summed E-state index contributed by atoms with van der Waals surface area (Å²) in [5.74, 6) is -1.18. The molecule has 1 aromatic heterocycles. The monoisotopic (exact) mass is 250 g/mol. The summed E-state index contributed by atoms with van der Waals surface area (Å²) < 4.78 is 1.90. The van der Waals surface area contributed by atoms with Crippen molar-refractivity contribution in [2.24, 2.45) is 13.0 Å². The van der Waals surface area contributed by atoms with Crippen LogP contribution in [-0.2, 0) is 23.1 Å². The van der Waals surface area contributed by atoms with Gasteiger partial charge in [-0.15, -0.1) is 0 Å². The van der Waals surface area contributed by atoms with Crippen molar-refractivity contribution in [3.8, 4) is 0 Å². The van der Waals surface area contributed by atoms with Gasteiger partial charge >= 0.3 is 5.97 Å². The Morgan fingerprint density at radius 3 is 2.89 bits per heavy atom. The van der Waals surface area contributed by atoms with Gasteiger partial charge in [-0.1, -0.05) is 0 Å². The largest absolute Gasteiger partial charge is 0.481 e. The zero-order valence-electron chi connectivity index (χ0n) is 10.5. The van der Waals surface area contributed by atoms with Crippen molar-refractivity contribution in [1.82, 2.24) is 9.47 Å². The first-order valence-electron chi connectivity index (χ1n) is 6.17. The van der Waals surface area contributed by atoms with Crippen LogP contribution in [0, 0.1) is 5.92 Å². The van der Waals surface area contributed by atoms with E-state index in [0.717, 1.165) is 12.0 Å². The number of carboxylic acids is 1. The molecule has 1 unspecified atom stereocenters. The summed E-state index contributed by atoms with van der Waals surface area (Å²) >= 11 is 0. The number of rotatable bonds is 3. The first-order chi connectivity index (χ1) is 8.56. The molecule has 5 nitrogen and oxygen atoms in total. The van der Waals surface area contributed by atoms with Crippen LogP contribution in [0.2, 0.25) is 0 Å². The number of aryl methyl sites for hydroxylation is 1. The summed E-state index contributed by atoms with van der Waals surface area (Å²) in [6.45, 7) is 1.02. The molecule has 0 saturated carbocycles. The van der Waals surface area contributed by atoms with E-state index >= 15 is 0 Å². The van der Waals surface area contributed by atoms with Crippen LogP contribution in [-0.4, -0.2) is 39.5 Å². The molecule has 0 spiro atoms. The van der Waals surface area contributed by atoms with Crippen LogP contribution < -0.4 is 0 Å². The number of hydrogen-bond acceptors (Lipinski definition) is 2. The van der Waals surface area contributed by atoms with Gasteiger partial charge in [0.1, 0.15) is 0 Å². The standard InChI is InChI=1S/C13H18N2O3/c1-14-6-4-10(8-14)7-12(16)15-5-2-3-11(9-15)13(17)18/h4,6,8,11H,2-3,5,7,9H2,1H3,(H,17,18). The molecule has 1 aliphatic heterocycles. The van der Waals surface area contributed by atoms with E-state index in [0.29, 0.717) is 25.9 Å². The summed E-state index contributed by atoms with van der Waals surface area (Å²) in [4.78, 5) is 24.7. The molecule has 0 radical (unpaired) electrons. The van der Waals surface area contributed by atoms with Crippen molar-refractivity contribution in [3.05, 3.63) is 24.0 Å². The number of piperidine rings is 1. The first kappa shape index (κ1) is 12.7. The lowest BCUT2D eigenvalue weighted by Crippen LogP contribution is -2.42. The average Bonchev–Trinajstić information content (AvgIpc) is 2.75. The number of hydrogen-bond donors (Lipinski definition) is 1. The molecule has 2 heterocycles. The second-order valence-corrected chi connectivity index (χ2v) is 4.88.